The molecule has 2 N–H and O–H groups in total. The Kier molecular flexibility index (Phi) is 2.37. The molecule has 0 aromatic carbocycles. The standard InChI is InChI=1S/C14H20N4/c1-4-14(6-5-7-14)18-10(3)9(2)11-12(15)16-8-17-13(11)18/h8H,4-7H2,1-3H3,(H2,15,16,17). The van der Waals surface area contributed by atoms with Crippen LogP contribution in [0.25, 0.3) is 11.0 Å². The van der Waals surface area contributed by atoms with Crippen molar-refractivity contribution in [2.45, 2.75) is 52.0 Å². The van der Waals surface area contributed by atoms with E-state index in [-0.39, 0.29) is 5.54 Å². The number of fused-ring (bicyclic) bond motifs is 1. The van der Waals surface area contributed by atoms with Crippen molar-refractivity contribution < 1.29 is 0 Å². The van der Waals surface area contributed by atoms with Crippen LogP contribution >= 0.6 is 0 Å². The first kappa shape index (κ1) is 11.5. The first-order valence-corrected chi connectivity index (χ1v) is 6.69. The lowest BCUT2D eigenvalue weighted by atomic mass is 9.74. The zero-order chi connectivity index (χ0) is 12.9. The van der Waals surface area contributed by atoms with Gasteiger partial charge in [0.2, 0.25) is 0 Å². The molecule has 3 rings (SSSR count). The first-order chi connectivity index (χ1) is 8.60. The molecule has 0 radical (unpaired) electrons. The number of nitrogens with zero attached hydrogens (tertiary/aromatic N) is 3. The van der Waals surface area contributed by atoms with Gasteiger partial charge in [-0.1, -0.05) is 6.92 Å². The van der Waals surface area contributed by atoms with E-state index in [1.54, 1.807) is 6.33 Å². The quantitative estimate of drug-likeness (QED) is 0.883. The van der Waals surface area contributed by atoms with Gasteiger partial charge in [-0.15, -0.1) is 0 Å². The molecule has 0 amide bonds. The molecule has 1 saturated carbocycles. The lowest BCUT2D eigenvalue weighted by molar-refractivity contribution is 0.139. The lowest BCUT2D eigenvalue weighted by Crippen LogP contribution is -2.40. The third kappa shape index (κ3) is 1.26. The molecule has 0 bridgehead atoms. The second-order valence-corrected chi connectivity index (χ2v) is 5.43. The number of aryl methyl sites for hydroxylation is 1. The van der Waals surface area contributed by atoms with Crippen LogP contribution in [0.1, 0.15) is 43.9 Å². The van der Waals surface area contributed by atoms with E-state index in [1.807, 2.05) is 0 Å². The average Bonchev–Trinajstić information content (AvgIpc) is 2.55. The van der Waals surface area contributed by atoms with E-state index in [2.05, 4.69) is 35.3 Å². The summed E-state index contributed by atoms with van der Waals surface area (Å²) in [4.78, 5) is 8.62. The van der Waals surface area contributed by atoms with Gasteiger partial charge in [-0.2, -0.15) is 0 Å². The Labute approximate surface area is 107 Å². The predicted molar refractivity (Wildman–Crippen MR) is 73.5 cm³/mol. The normalized spacial score (nSPS) is 17.9. The van der Waals surface area contributed by atoms with Gasteiger partial charge in [-0.3, -0.25) is 0 Å². The van der Waals surface area contributed by atoms with Crippen molar-refractivity contribution >= 4 is 16.9 Å². The van der Waals surface area contributed by atoms with Crippen molar-refractivity contribution in [2.75, 3.05) is 5.73 Å². The van der Waals surface area contributed by atoms with Gasteiger partial charge in [-0.25, -0.2) is 9.97 Å². The number of hydrogen-bond acceptors (Lipinski definition) is 3. The summed E-state index contributed by atoms with van der Waals surface area (Å²) in [6, 6.07) is 0. The molecule has 18 heavy (non-hydrogen) atoms. The molecule has 4 heteroatoms. The second kappa shape index (κ2) is 3.70. The Morgan fingerprint density at radius 3 is 2.61 bits per heavy atom. The maximum Gasteiger partial charge on any atom is 0.146 e. The summed E-state index contributed by atoms with van der Waals surface area (Å²) in [5.41, 5.74) is 9.81. The van der Waals surface area contributed by atoms with Crippen LogP contribution in [0.3, 0.4) is 0 Å². The Bertz CT molecular complexity index is 602. The van der Waals surface area contributed by atoms with E-state index in [4.69, 9.17) is 5.73 Å². The summed E-state index contributed by atoms with van der Waals surface area (Å²) in [6.07, 6.45) is 6.54. The molecule has 2 heterocycles. The van der Waals surface area contributed by atoms with Crippen molar-refractivity contribution in [1.82, 2.24) is 14.5 Å². The number of nitrogens with two attached hydrogens (primary N) is 1. The van der Waals surface area contributed by atoms with Gasteiger partial charge in [0, 0.05) is 11.2 Å². The summed E-state index contributed by atoms with van der Waals surface area (Å²) in [7, 11) is 0. The van der Waals surface area contributed by atoms with Crippen molar-refractivity contribution in [1.29, 1.82) is 0 Å². The maximum absolute atomic E-state index is 6.02. The molecule has 0 atom stereocenters. The smallest absolute Gasteiger partial charge is 0.146 e. The molecule has 4 nitrogen and oxygen atoms in total. The molecule has 96 valence electrons. The third-order valence-electron chi connectivity index (χ3n) is 4.74. The number of aromatic nitrogens is 3. The Morgan fingerprint density at radius 1 is 1.33 bits per heavy atom. The highest BCUT2D eigenvalue weighted by Gasteiger charge is 2.39. The van der Waals surface area contributed by atoms with Gasteiger partial charge in [0.15, 0.2) is 0 Å². The second-order valence-electron chi connectivity index (χ2n) is 5.43. The van der Waals surface area contributed by atoms with Crippen molar-refractivity contribution in [3.63, 3.8) is 0 Å². The van der Waals surface area contributed by atoms with Gasteiger partial charge in [0.1, 0.15) is 17.8 Å². The summed E-state index contributed by atoms with van der Waals surface area (Å²) in [5.74, 6) is 0.602. The molecular weight excluding hydrogens is 224 g/mol. The minimum Gasteiger partial charge on any atom is -0.383 e. The summed E-state index contributed by atoms with van der Waals surface area (Å²) >= 11 is 0. The highest BCUT2D eigenvalue weighted by Crippen LogP contribution is 2.46. The van der Waals surface area contributed by atoms with Crippen molar-refractivity contribution in [2.24, 2.45) is 0 Å². The minimum absolute atomic E-state index is 0.261. The number of anilines is 1. The maximum atomic E-state index is 6.02. The molecule has 2 aromatic heterocycles. The fraction of sp³-hybridized carbons (Fsp3) is 0.571. The molecule has 1 aliphatic rings. The molecule has 0 spiro atoms. The molecular formula is C14H20N4. The molecule has 0 aliphatic heterocycles. The lowest BCUT2D eigenvalue weighted by Gasteiger charge is -2.44. The van der Waals surface area contributed by atoms with Crippen molar-refractivity contribution in [3.8, 4) is 0 Å². The molecule has 1 fully saturated rings. The van der Waals surface area contributed by atoms with Gasteiger partial charge in [-0.05, 0) is 45.1 Å². The van der Waals surface area contributed by atoms with Gasteiger partial charge in [0.25, 0.3) is 0 Å². The SMILES string of the molecule is CCC1(n2c(C)c(C)c3c(N)ncnc32)CCC1. The number of rotatable bonds is 2. The minimum atomic E-state index is 0.261. The fourth-order valence-electron chi connectivity index (χ4n) is 3.33. The largest absolute Gasteiger partial charge is 0.383 e. The topological polar surface area (TPSA) is 56.7 Å². The van der Waals surface area contributed by atoms with E-state index in [0.717, 1.165) is 17.5 Å². The van der Waals surface area contributed by atoms with Gasteiger partial charge >= 0.3 is 0 Å². The van der Waals surface area contributed by atoms with Crippen LogP contribution in [0.15, 0.2) is 6.33 Å². The summed E-state index contributed by atoms with van der Waals surface area (Å²) < 4.78 is 2.42. The molecule has 0 unspecified atom stereocenters. The van der Waals surface area contributed by atoms with E-state index < -0.39 is 0 Å². The van der Waals surface area contributed by atoms with E-state index >= 15 is 0 Å². The predicted octanol–water partition coefficient (Wildman–Crippen LogP) is 2.92. The van der Waals surface area contributed by atoms with Crippen LogP contribution < -0.4 is 5.73 Å². The van der Waals surface area contributed by atoms with Crippen LogP contribution in [0.5, 0.6) is 0 Å². The van der Waals surface area contributed by atoms with Crippen LogP contribution in [-0.4, -0.2) is 14.5 Å². The molecule has 2 aromatic rings. The zero-order valence-corrected chi connectivity index (χ0v) is 11.3. The van der Waals surface area contributed by atoms with Crippen LogP contribution in [0.2, 0.25) is 0 Å². The summed E-state index contributed by atoms with van der Waals surface area (Å²) in [6.45, 7) is 6.56. The van der Waals surface area contributed by atoms with E-state index in [9.17, 15) is 0 Å². The first-order valence-electron chi connectivity index (χ1n) is 6.69. The zero-order valence-electron chi connectivity index (χ0n) is 11.3. The van der Waals surface area contributed by atoms with Crippen LogP contribution in [0, 0.1) is 13.8 Å². The van der Waals surface area contributed by atoms with Crippen molar-refractivity contribution in [3.05, 3.63) is 17.6 Å². The average molecular weight is 244 g/mol. The Morgan fingerprint density at radius 2 is 2.06 bits per heavy atom. The fourth-order valence-corrected chi connectivity index (χ4v) is 3.33. The Balaban J connectivity index is 2.36. The highest BCUT2D eigenvalue weighted by atomic mass is 15.1. The molecule has 0 saturated heterocycles. The molecule has 1 aliphatic carbocycles. The third-order valence-corrected chi connectivity index (χ3v) is 4.74. The van der Waals surface area contributed by atoms with Gasteiger partial charge < -0.3 is 10.3 Å². The monoisotopic (exact) mass is 244 g/mol. The highest BCUT2D eigenvalue weighted by molar-refractivity contribution is 5.91. The van der Waals surface area contributed by atoms with E-state index in [1.165, 1.54) is 30.5 Å². The summed E-state index contributed by atoms with van der Waals surface area (Å²) in [5, 5.41) is 1.04. The van der Waals surface area contributed by atoms with Crippen LogP contribution in [0.4, 0.5) is 5.82 Å². The van der Waals surface area contributed by atoms with Crippen LogP contribution in [-0.2, 0) is 5.54 Å². The number of nitrogen functional groups attached to an aromatic ring is 1. The Hall–Kier alpha value is -1.58. The van der Waals surface area contributed by atoms with E-state index in [0.29, 0.717) is 5.82 Å². The number of hydrogen-bond donors (Lipinski definition) is 1. The van der Waals surface area contributed by atoms with Gasteiger partial charge in [0.05, 0.1) is 5.39 Å².